The molecule has 0 radical (unpaired) electrons. The number of carbonyl (C=O) groups is 2. The van der Waals surface area contributed by atoms with Crippen LogP contribution in [0.2, 0.25) is 0 Å². The first-order valence-corrected chi connectivity index (χ1v) is 7.35. The third-order valence-electron chi connectivity index (χ3n) is 3.48. The highest BCUT2D eigenvalue weighted by atomic mass is 16.2. The van der Waals surface area contributed by atoms with Gasteiger partial charge >= 0.3 is 0 Å². The maximum Gasteiger partial charge on any atom is 0.294 e. The molecule has 0 unspecified atom stereocenters. The zero-order chi connectivity index (χ0) is 16.1. The molecule has 5 nitrogen and oxygen atoms in total. The number of nitrogens with one attached hydrogen (secondary N) is 1. The molecule has 1 amide bonds. The van der Waals surface area contributed by atoms with Crippen molar-refractivity contribution in [3.8, 4) is 0 Å². The van der Waals surface area contributed by atoms with Gasteiger partial charge in [0.2, 0.25) is 0 Å². The minimum Gasteiger partial charge on any atom is -0.348 e. The molecule has 2 heterocycles. The van der Waals surface area contributed by atoms with E-state index in [1.54, 1.807) is 42.3 Å². The number of ketones is 1. The van der Waals surface area contributed by atoms with Crippen molar-refractivity contribution in [3.63, 3.8) is 0 Å². The number of nitrogens with zero attached hydrogens (tertiary/aromatic N) is 2. The number of hydrogen-bond donors (Lipinski definition) is 1. The first-order valence-electron chi connectivity index (χ1n) is 7.35. The molecule has 2 aromatic heterocycles. The molecule has 0 aliphatic heterocycles. The Morgan fingerprint density at radius 2 is 2.05 bits per heavy atom. The summed E-state index contributed by atoms with van der Waals surface area (Å²) in [6.45, 7) is 4.16. The van der Waals surface area contributed by atoms with E-state index in [9.17, 15) is 9.59 Å². The van der Waals surface area contributed by atoms with Gasteiger partial charge in [0, 0.05) is 25.6 Å². The Bertz CT molecular complexity index is 647. The van der Waals surface area contributed by atoms with Gasteiger partial charge < -0.3 is 9.88 Å². The van der Waals surface area contributed by atoms with Gasteiger partial charge in [-0.05, 0) is 36.1 Å². The lowest BCUT2D eigenvalue weighted by Crippen LogP contribution is -2.35. The lowest BCUT2D eigenvalue weighted by atomic mass is 9.98. The molecule has 0 spiro atoms. The van der Waals surface area contributed by atoms with Crippen LogP contribution in [0.4, 0.5) is 0 Å². The molecule has 2 rings (SSSR count). The molecule has 0 aliphatic carbocycles. The lowest BCUT2D eigenvalue weighted by molar-refractivity contribution is -0.117. The van der Waals surface area contributed by atoms with Gasteiger partial charge in [0.1, 0.15) is 0 Å². The minimum atomic E-state index is -0.587. The number of aromatic nitrogens is 2. The molecule has 1 N–H and O–H groups in total. The second kappa shape index (κ2) is 7.02. The van der Waals surface area contributed by atoms with E-state index in [1.807, 2.05) is 12.1 Å². The van der Waals surface area contributed by atoms with Crippen molar-refractivity contribution in [2.45, 2.75) is 26.3 Å². The van der Waals surface area contributed by atoms with E-state index in [2.05, 4.69) is 24.1 Å². The molecule has 22 heavy (non-hydrogen) atoms. The number of aryl methyl sites for hydroxylation is 1. The van der Waals surface area contributed by atoms with Gasteiger partial charge in [-0.15, -0.1) is 0 Å². The second-order valence-electron chi connectivity index (χ2n) is 5.78. The predicted octanol–water partition coefficient (Wildman–Crippen LogP) is 2.51. The third-order valence-corrected chi connectivity index (χ3v) is 3.48. The van der Waals surface area contributed by atoms with E-state index in [4.69, 9.17) is 0 Å². The molecule has 0 aliphatic rings. The lowest BCUT2D eigenvalue weighted by Gasteiger charge is -2.20. The van der Waals surface area contributed by atoms with E-state index in [0.717, 1.165) is 12.0 Å². The standard InChI is InChI=1S/C17H21N3O2/c1-12(2)10-14(13-6-4-8-18-11-13)19-17(22)16(21)15-7-5-9-20(15)3/h4-9,11-12,14H,10H2,1-3H3,(H,19,22)/t14-/m0/s1. The number of rotatable bonds is 6. The summed E-state index contributed by atoms with van der Waals surface area (Å²) in [5, 5.41) is 2.84. The molecule has 1 atom stereocenters. The maximum absolute atomic E-state index is 12.3. The fourth-order valence-corrected chi connectivity index (χ4v) is 2.37. The third kappa shape index (κ3) is 3.81. The van der Waals surface area contributed by atoms with Crippen molar-refractivity contribution in [3.05, 3.63) is 54.1 Å². The molecular formula is C17H21N3O2. The van der Waals surface area contributed by atoms with Crippen molar-refractivity contribution in [1.82, 2.24) is 14.9 Å². The predicted molar refractivity (Wildman–Crippen MR) is 84.3 cm³/mol. The Morgan fingerprint density at radius 1 is 1.27 bits per heavy atom. The summed E-state index contributed by atoms with van der Waals surface area (Å²) < 4.78 is 1.64. The van der Waals surface area contributed by atoms with Crippen molar-refractivity contribution in [2.75, 3.05) is 0 Å². The summed E-state index contributed by atoms with van der Waals surface area (Å²) in [5.41, 5.74) is 1.29. The van der Waals surface area contributed by atoms with Crippen LogP contribution in [0, 0.1) is 5.92 Å². The number of pyridine rings is 1. The second-order valence-corrected chi connectivity index (χ2v) is 5.78. The molecule has 0 saturated carbocycles. The largest absolute Gasteiger partial charge is 0.348 e. The average molecular weight is 299 g/mol. The maximum atomic E-state index is 12.3. The van der Waals surface area contributed by atoms with Gasteiger partial charge in [-0.1, -0.05) is 19.9 Å². The van der Waals surface area contributed by atoms with E-state index < -0.39 is 11.7 Å². The van der Waals surface area contributed by atoms with Gasteiger partial charge in [-0.3, -0.25) is 14.6 Å². The number of carbonyl (C=O) groups excluding carboxylic acids is 2. The Balaban J connectivity index is 2.15. The SMILES string of the molecule is CC(C)C[C@H](NC(=O)C(=O)c1cccn1C)c1cccnc1. The van der Waals surface area contributed by atoms with Gasteiger partial charge in [-0.2, -0.15) is 0 Å². The molecule has 0 saturated heterocycles. The van der Waals surface area contributed by atoms with Crippen LogP contribution in [-0.2, 0) is 11.8 Å². The van der Waals surface area contributed by atoms with Crippen LogP contribution < -0.4 is 5.32 Å². The van der Waals surface area contributed by atoms with Crippen LogP contribution in [0.15, 0.2) is 42.9 Å². The Morgan fingerprint density at radius 3 is 2.59 bits per heavy atom. The Kier molecular flexibility index (Phi) is 5.09. The van der Waals surface area contributed by atoms with Gasteiger partial charge in [-0.25, -0.2) is 0 Å². The Hall–Kier alpha value is -2.43. The molecule has 116 valence electrons. The fraction of sp³-hybridized carbons (Fsp3) is 0.353. The Labute approximate surface area is 130 Å². The summed E-state index contributed by atoms with van der Waals surface area (Å²) >= 11 is 0. The summed E-state index contributed by atoms with van der Waals surface area (Å²) in [6, 6.07) is 6.91. The normalized spacial score (nSPS) is 12.2. The molecular weight excluding hydrogens is 278 g/mol. The minimum absolute atomic E-state index is 0.217. The van der Waals surface area contributed by atoms with E-state index >= 15 is 0 Å². The highest BCUT2D eigenvalue weighted by molar-refractivity contribution is 6.42. The average Bonchev–Trinajstić information content (AvgIpc) is 2.92. The number of amides is 1. The smallest absolute Gasteiger partial charge is 0.294 e. The summed E-state index contributed by atoms with van der Waals surface area (Å²) in [6.07, 6.45) is 5.90. The first-order chi connectivity index (χ1) is 10.5. The quantitative estimate of drug-likeness (QED) is 0.658. The summed E-state index contributed by atoms with van der Waals surface area (Å²) in [5.74, 6) is -0.725. The highest BCUT2D eigenvalue weighted by Gasteiger charge is 2.23. The van der Waals surface area contributed by atoms with E-state index in [-0.39, 0.29) is 6.04 Å². The summed E-state index contributed by atoms with van der Waals surface area (Å²) in [4.78, 5) is 28.6. The van der Waals surface area contributed by atoms with E-state index in [0.29, 0.717) is 11.6 Å². The van der Waals surface area contributed by atoms with Crippen molar-refractivity contribution >= 4 is 11.7 Å². The van der Waals surface area contributed by atoms with Crippen LogP contribution in [0.5, 0.6) is 0 Å². The van der Waals surface area contributed by atoms with E-state index in [1.165, 1.54) is 0 Å². The van der Waals surface area contributed by atoms with Crippen LogP contribution in [0.1, 0.15) is 42.4 Å². The highest BCUT2D eigenvalue weighted by Crippen LogP contribution is 2.20. The van der Waals surface area contributed by atoms with Crippen molar-refractivity contribution in [1.29, 1.82) is 0 Å². The molecule has 0 bridgehead atoms. The van der Waals surface area contributed by atoms with Crippen LogP contribution >= 0.6 is 0 Å². The topological polar surface area (TPSA) is 64.0 Å². The monoisotopic (exact) mass is 299 g/mol. The zero-order valence-corrected chi connectivity index (χ0v) is 13.1. The molecule has 0 aromatic carbocycles. The summed E-state index contributed by atoms with van der Waals surface area (Å²) in [7, 11) is 1.74. The number of hydrogen-bond acceptors (Lipinski definition) is 3. The number of Topliss-reactive ketones (excluding diaryl/α,β-unsaturated/α-hetero) is 1. The molecule has 5 heteroatoms. The van der Waals surface area contributed by atoms with Crippen molar-refractivity contribution < 1.29 is 9.59 Å². The van der Waals surface area contributed by atoms with Crippen LogP contribution in [0.3, 0.4) is 0 Å². The first kappa shape index (κ1) is 15.9. The van der Waals surface area contributed by atoms with Gasteiger partial charge in [0.05, 0.1) is 11.7 Å². The fourth-order valence-electron chi connectivity index (χ4n) is 2.37. The zero-order valence-electron chi connectivity index (χ0n) is 13.1. The van der Waals surface area contributed by atoms with Gasteiger partial charge in [0.15, 0.2) is 0 Å². The van der Waals surface area contributed by atoms with Crippen molar-refractivity contribution in [2.24, 2.45) is 13.0 Å². The molecule has 0 fully saturated rings. The van der Waals surface area contributed by atoms with Crippen LogP contribution in [0.25, 0.3) is 0 Å². The van der Waals surface area contributed by atoms with Gasteiger partial charge in [0.25, 0.3) is 11.7 Å². The molecule has 2 aromatic rings. The van der Waals surface area contributed by atoms with Crippen LogP contribution in [-0.4, -0.2) is 21.2 Å².